The molecule has 2 heterocycles. The Morgan fingerprint density at radius 1 is 1.42 bits per heavy atom. The standard InChI is InChI=1S/C8H14N2O2/c9-8(11)3-10-6-1-2-7(10)5-12-4-6/h6-7H,1-5H2,(H2,9,11). The van der Waals surface area contributed by atoms with Gasteiger partial charge in [-0.1, -0.05) is 0 Å². The highest BCUT2D eigenvalue weighted by atomic mass is 16.5. The predicted octanol–water partition coefficient (Wildman–Crippen LogP) is -0.665. The number of rotatable bonds is 2. The number of amides is 1. The molecular formula is C8H14N2O2. The van der Waals surface area contributed by atoms with Gasteiger partial charge in [0.25, 0.3) is 0 Å². The summed E-state index contributed by atoms with van der Waals surface area (Å²) in [5.41, 5.74) is 5.15. The van der Waals surface area contributed by atoms with Crippen LogP contribution in [0.25, 0.3) is 0 Å². The number of ether oxygens (including phenoxy) is 1. The fourth-order valence-electron chi connectivity index (χ4n) is 2.15. The van der Waals surface area contributed by atoms with E-state index in [1.807, 2.05) is 0 Å². The van der Waals surface area contributed by atoms with E-state index >= 15 is 0 Å². The third kappa shape index (κ3) is 1.32. The van der Waals surface area contributed by atoms with Crippen molar-refractivity contribution < 1.29 is 9.53 Å². The normalized spacial score (nSPS) is 35.3. The summed E-state index contributed by atoms with van der Waals surface area (Å²) in [6.07, 6.45) is 2.30. The van der Waals surface area contributed by atoms with E-state index in [2.05, 4.69) is 4.90 Å². The summed E-state index contributed by atoms with van der Waals surface area (Å²) in [7, 11) is 0. The van der Waals surface area contributed by atoms with Crippen LogP contribution in [0.5, 0.6) is 0 Å². The summed E-state index contributed by atoms with van der Waals surface area (Å²) >= 11 is 0. The molecule has 0 spiro atoms. The van der Waals surface area contributed by atoms with Crippen molar-refractivity contribution in [3.05, 3.63) is 0 Å². The molecule has 0 radical (unpaired) electrons. The Bertz CT molecular complexity index is 179. The minimum atomic E-state index is -0.228. The molecule has 2 aliphatic rings. The maximum atomic E-state index is 10.7. The summed E-state index contributed by atoms with van der Waals surface area (Å²) in [5.74, 6) is -0.228. The second-order valence-corrected chi connectivity index (χ2v) is 3.56. The van der Waals surface area contributed by atoms with Crippen LogP contribution in [-0.4, -0.2) is 42.6 Å². The first-order valence-corrected chi connectivity index (χ1v) is 4.39. The van der Waals surface area contributed by atoms with Crippen LogP contribution < -0.4 is 5.73 Å². The van der Waals surface area contributed by atoms with Crippen molar-refractivity contribution in [3.63, 3.8) is 0 Å². The third-order valence-corrected chi connectivity index (χ3v) is 2.73. The second-order valence-electron chi connectivity index (χ2n) is 3.56. The predicted molar refractivity (Wildman–Crippen MR) is 43.5 cm³/mol. The van der Waals surface area contributed by atoms with Crippen molar-refractivity contribution in [2.45, 2.75) is 24.9 Å². The van der Waals surface area contributed by atoms with Gasteiger partial charge in [0.1, 0.15) is 0 Å². The number of fused-ring (bicyclic) bond motifs is 2. The Hall–Kier alpha value is -0.610. The summed E-state index contributed by atoms with van der Waals surface area (Å²) in [4.78, 5) is 12.9. The maximum absolute atomic E-state index is 10.7. The molecule has 2 fully saturated rings. The molecule has 0 aromatic rings. The van der Waals surface area contributed by atoms with Gasteiger partial charge in [0.2, 0.25) is 5.91 Å². The molecule has 0 aliphatic carbocycles. The van der Waals surface area contributed by atoms with Crippen LogP contribution in [0.4, 0.5) is 0 Å². The number of primary amides is 1. The Balaban J connectivity index is 2.00. The first kappa shape index (κ1) is 8.01. The fraction of sp³-hybridized carbons (Fsp3) is 0.875. The Kier molecular flexibility index (Phi) is 2.02. The molecule has 0 aromatic heterocycles. The molecule has 0 saturated carbocycles. The Morgan fingerprint density at radius 3 is 2.50 bits per heavy atom. The molecule has 2 atom stereocenters. The lowest BCUT2D eigenvalue weighted by Gasteiger charge is -2.33. The zero-order valence-corrected chi connectivity index (χ0v) is 7.03. The molecule has 2 saturated heterocycles. The number of hydrogen-bond donors (Lipinski definition) is 1. The number of carbonyl (C=O) groups is 1. The first-order chi connectivity index (χ1) is 5.77. The molecule has 0 aromatic carbocycles. The molecule has 2 unspecified atom stereocenters. The molecular weight excluding hydrogens is 156 g/mol. The van der Waals surface area contributed by atoms with Crippen molar-refractivity contribution in [2.75, 3.05) is 19.8 Å². The quantitative estimate of drug-likeness (QED) is 0.598. The van der Waals surface area contributed by atoms with Gasteiger partial charge in [-0.2, -0.15) is 0 Å². The van der Waals surface area contributed by atoms with E-state index in [9.17, 15) is 4.79 Å². The number of hydrogen-bond acceptors (Lipinski definition) is 3. The van der Waals surface area contributed by atoms with E-state index in [-0.39, 0.29) is 5.91 Å². The lowest BCUT2D eigenvalue weighted by Crippen LogP contribution is -2.49. The maximum Gasteiger partial charge on any atom is 0.231 e. The van der Waals surface area contributed by atoms with Crippen molar-refractivity contribution in [1.82, 2.24) is 4.90 Å². The van der Waals surface area contributed by atoms with Crippen LogP contribution in [0, 0.1) is 0 Å². The van der Waals surface area contributed by atoms with Crippen LogP contribution in [-0.2, 0) is 9.53 Å². The minimum Gasteiger partial charge on any atom is -0.378 e. The highest BCUT2D eigenvalue weighted by Crippen LogP contribution is 2.27. The van der Waals surface area contributed by atoms with E-state index in [0.29, 0.717) is 18.6 Å². The van der Waals surface area contributed by atoms with Crippen molar-refractivity contribution in [2.24, 2.45) is 5.73 Å². The fourth-order valence-corrected chi connectivity index (χ4v) is 2.15. The molecule has 1 amide bonds. The van der Waals surface area contributed by atoms with Crippen molar-refractivity contribution in [3.8, 4) is 0 Å². The lowest BCUT2D eigenvalue weighted by molar-refractivity contribution is -0.121. The van der Waals surface area contributed by atoms with Crippen LogP contribution in [0.2, 0.25) is 0 Å². The minimum absolute atomic E-state index is 0.228. The number of carbonyl (C=O) groups excluding carboxylic acids is 1. The van der Waals surface area contributed by atoms with E-state index in [1.165, 1.54) is 0 Å². The summed E-state index contributed by atoms with van der Waals surface area (Å²) < 4.78 is 5.37. The molecule has 4 nitrogen and oxygen atoms in total. The van der Waals surface area contributed by atoms with Gasteiger partial charge in [0, 0.05) is 12.1 Å². The summed E-state index contributed by atoms with van der Waals surface area (Å²) in [5, 5.41) is 0. The Labute approximate surface area is 71.7 Å². The molecule has 2 N–H and O–H groups in total. The number of nitrogens with two attached hydrogens (primary N) is 1. The first-order valence-electron chi connectivity index (χ1n) is 4.39. The zero-order valence-electron chi connectivity index (χ0n) is 7.03. The van der Waals surface area contributed by atoms with Gasteiger partial charge < -0.3 is 10.5 Å². The van der Waals surface area contributed by atoms with E-state index in [1.54, 1.807) is 0 Å². The molecule has 2 bridgehead atoms. The molecule has 2 aliphatic heterocycles. The van der Waals surface area contributed by atoms with Gasteiger partial charge in [-0.15, -0.1) is 0 Å². The van der Waals surface area contributed by atoms with Gasteiger partial charge in [0.15, 0.2) is 0 Å². The largest absolute Gasteiger partial charge is 0.378 e. The lowest BCUT2D eigenvalue weighted by atomic mass is 10.2. The Morgan fingerprint density at radius 2 is 2.00 bits per heavy atom. The van der Waals surface area contributed by atoms with Crippen molar-refractivity contribution in [1.29, 1.82) is 0 Å². The number of morpholine rings is 1. The summed E-state index contributed by atoms with van der Waals surface area (Å²) in [6.45, 7) is 1.94. The van der Waals surface area contributed by atoms with Gasteiger partial charge in [-0.05, 0) is 12.8 Å². The molecule has 4 heteroatoms. The molecule has 68 valence electrons. The topological polar surface area (TPSA) is 55.6 Å². The van der Waals surface area contributed by atoms with Gasteiger partial charge >= 0.3 is 0 Å². The van der Waals surface area contributed by atoms with Crippen LogP contribution in [0.3, 0.4) is 0 Å². The van der Waals surface area contributed by atoms with Crippen molar-refractivity contribution >= 4 is 5.91 Å². The van der Waals surface area contributed by atoms with Crippen LogP contribution in [0.15, 0.2) is 0 Å². The van der Waals surface area contributed by atoms with E-state index in [4.69, 9.17) is 10.5 Å². The molecule has 2 rings (SSSR count). The smallest absolute Gasteiger partial charge is 0.231 e. The third-order valence-electron chi connectivity index (χ3n) is 2.73. The average Bonchev–Trinajstić information content (AvgIpc) is 2.30. The zero-order chi connectivity index (χ0) is 8.55. The highest BCUT2D eigenvalue weighted by molar-refractivity contribution is 5.76. The van der Waals surface area contributed by atoms with Crippen LogP contribution >= 0.6 is 0 Å². The average molecular weight is 170 g/mol. The number of nitrogens with zero attached hydrogens (tertiary/aromatic N) is 1. The van der Waals surface area contributed by atoms with Gasteiger partial charge in [0.05, 0.1) is 19.8 Å². The van der Waals surface area contributed by atoms with E-state index in [0.717, 1.165) is 26.1 Å². The SMILES string of the molecule is NC(=O)CN1C2CCC1COC2. The summed E-state index contributed by atoms with van der Waals surface area (Å²) in [6, 6.07) is 0.882. The van der Waals surface area contributed by atoms with Gasteiger partial charge in [-0.3, -0.25) is 9.69 Å². The van der Waals surface area contributed by atoms with Crippen LogP contribution in [0.1, 0.15) is 12.8 Å². The molecule has 12 heavy (non-hydrogen) atoms. The highest BCUT2D eigenvalue weighted by Gasteiger charge is 2.37. The van der Waals surface area contributed by atoms with Gasteiger partial charge in [-0.25, -0.2) is 0 Å². The monoisotopic (exact) mass is 170 g/mol. The van der Waals surface area contributed by atoms with E-state index < -0.39 is 0 Å². The second kappa shape index (κ2) is 3.03.